The summed E-state index contributed by atoms with van der Waals surface area (Å²) in [4.78, 5) is 25.8. The van der Waals surface area contributed by atoms with E-state index in [2.05, 4.69) is 5.32 Å². The fraction of sp³-hybridized carbons (Fsp3) is 0.263. The number of anilines is 2. The smallest absolute Gasteiger partial charge is 0.226 e. The molecule has 0 aliphatic heterocycles. The Morgan fingerprint density at radius 2 is 1.77 bits per heavy atom. The molecule has 0 saturated heterocycles. The number of nitrogens with one attached hydrogen (secondary N) is 1. The third-order valence-corrected chi connectivity index (χ3v) is 4.05. The number of amides is 2. The molecule has 2 rings (SSSR count). The van der Waals surface area contributed by atoms with E-state index in [1.54, 1.807) is 30.3 Å². The summed E-state index contributed by atoms with van der Waals surface area (Å²) >= 11 is 6.05. The maximum Gasteiger partial charge on any atom is 0.226 e. The van der Waals surface area contributed by atoms with Gasteiger partial charge in [-0.3, -0.25) is 9.59 Å². The zero-order valence-electron chi connectivity index (χ0n) is 14.9. The van der Waals surface area contributed by atoms with Crippen molar-refractivity contribution in [3.63, 3.8) is 0 Å². The second-order valence-electron chi connectivity index (χ2n) is 5.49. The zero-order chi connectivity index (χ0) is 19.1. The van der Waals surface area contributed by atoms with Crippen LogP contribution in [-0.4, -0.2) is 32.6 Å². The van der Waals surface area contributed by atoms with Gasteiger partial charge >= 0.3 is 0 Å². The van der Waals surface area contributed by atoms with Crippen LogP contribution in [0.5, 0.6) is 11.5 Å². The summed E-state index contributed by atoms with van der Waals surface area (Å²) < 4.78 is 10.4. The van der Waals surface area contributed by atoms with E-state index in [4.69, 9.17) is 21.1 Å². The monoisotopic (exact) mass is 376 g/mol. The molecule has 0 aromatic heterocycles. The molecule has 0 unspecified atom stereocenters. The number of nitrogens with zero attached hydrogens (tertiary/aromatic N) is 1. The Bertz CT molecular complexity index is 795. The number of hydrogen-bond acceptors (Lipinski definition) is 4. The van der Waals surface area contributed by atoms with Gasteiger partial charge in [0.2, 0.25) is 11.8 Å². The molecule has 0 spiro atoms. The first kappa shape index (κ1) is 19.6. The highest BCUT2D eigenvalue weighted by Gasteiger charge is 2.17. The van der Waals surface area contributed by atoms with Gasteiger partial charge in [-0.2, -0.15) is 0 Å². The Balaban J connectivity index is 2.04. The number of hydrogen-bond donors (Lipinski definition) is 1. The van der Waals surface area contributed by atoms with E-state index in [1.165, 1.54) is 26.0 Å². The van der Waals surface area contributed by atoms with Gasteiger partial charge in [0.15, 0.2) is 0 Å². The molecule has 2 amide bonds. The molecule has 1 N–H and O–H groups in total. The number of methoxy groups -OCH3 is 2. The van der Waals surface area contributed by atoms with E-state index < -0.39 is 0 Å². The molecule has 0 fully saturated rings. The van der Waals surface area contributed by atoms with E-state index in [0.717, 1.165) is 0 Å². The molecule has 6 nitrogen and oxygen atoms in total. The standard InChI is InChI=1S/C19H21ClN2O4/c1-13(23)22(16-6-4-5-7-18(16)26-3)11-10-19(24)21-14-8-9-17(25-2)15(20)12-14/h4-9,12H,10-11H2,1-3H3,(H,21,24). The Morgan fingerprint density at radius 3 is 2.38 bits per heavy atom. The molecule has 2 aromatic rings. The zero-order valence-corrected chi connectivity index (χ0v) is 15.7. The molecule has 0 bridgehead atoms. The number of benzene rings is 2. The van der Waals surface area contributed by atoms with Crippen LogP contribution in [0.1, 0.15) is 13.3 Å². The summed E-state index contributed by atoms with van der Waals surface area (Å²) in [6, 6.07) is 12.2. The molecule has 2 aromatic carbocycles. The van der Waals surface area contributed by atoms with Gasteiger partial charge in [-0.25, -0.2) is 0 Å². The van der Waals surface area contributed by atoms with Crippen LogP contribution in [0, 0.1) is 0 Å². The average Bonchev–Trinajstić information content (AvgIpc) is 2.62. The molecular formula is C19H21ClN2O4. The first-order chi connectivity index (χ1) is 12.5. The Hall–Kier alpha value is -2.73. The minimum absolute atomic E-state index is 0.126. The molecule has 0 aliphatic carbocycles. The highest BCUT2D eigenvalue weighted by Crippen LogP contribution is 2.29. The van der Waals surface area contributed by atoms with Crippen molar-refractivity contribution in [2.45, 2.75) is 13.3 Å². The van der Waals surface area contributed by atoms with Crippen molar-refractivity contribution < 1.29 is 19.1 Å². The molecule has 0 heterocycles. The van der Waals surface area contributed by atoms with Crippen molar-refractivity contribution in [1.82, 2.24) is 0 Å². The lowest BCUT2D eigenvalue weighted by molar-refractivity contribution is -0.117. The second-order valence-corrected chi connectivity index (χ2v) is 5.90. The van der Waals surface area contributed by atoms with E-state index in [-0.39, 0.29) is 24.8 Å². The van der Waals surface area contributed by atoms with Crippen LogP contribution in [0.25, 0.3) is 0 Å². The third-order valence-electron chi connectivity index (χ3n) is 3.75. The topological polar surface area (TPSA) is 67.9 Å². The minimum Gasteiger partial charge on any atom is -0.495 e. The van der Waals surface area contributed by atoms with Crippen molar-refractivity contribution in [1.29, 1.82) is 0 Å². The lowest BCUT2D eigenvalue weighted by Crippen LogP contribution is -2.32. The van der Waals surface area contributed by atoms with Gasteiger partial charge in [-0.1, -0.05) is 23.7 Å². The molecule has 7 heteroatoms. The number of carbonyl (C=O) groups excluding carboxylic acids is 2. The van der Waals surface area contributed by atoms with Crippen molar-refractivity contribution in [3.05, 3.63) is 47.5 Å². The molecule has 0 atom stereocenters. The predicted molar refractivity (Wildman–Crippen MR) is 102 cm³/mol. The van der Waals surface area contributed by atoms with Crippen molar-refractivity contribution in [2.24, 2.45) is 0 Å². The second kappa shape index (κ2) is 9.10. The van der Waals surface area contributed by atoms with E-state index in [1.807, 2.05) is 12.1 Å². The van der Waals surface area contributed by atoms with Gasteiger partial charge in [0.1, 0.15) is 11.5 Å². The van der Waals surface area contributed by atoms with Crippen LogP contribution < -0.4 is 19.7 Å². The quantitative estimate of drug-likeness (QED) is 0.799. The van der Waals surface area contributed by atoms with E-state index in [9.17, 15) is 9.59 Å². The SMILES string of the molecule is COc1ccc(NC(=O)CCN(C(C)=O)c2ccccc2OC)cc1Cl. The summed E-state index contributed by atoms with van der Waals surface area (Å²) in [7, 11) is 3.06. The molecule has 0 radical (unpaired) electrons. The van der Waals surface area contributed by atoms with Gasteiger partial charge in [0, 0.05) is 25.6 Å². The fourth-order valence-electron chi connectivity index (χ4n) is 2.48. The maximum atomic E-state index is 12.2. The largest absolute Gasteiger partial charge is 0.495 e. The Morgan fingerprint density at radius 1 is 1.08 bits per heavy atom. The summed E-state index contributed by atoms with van der Waals surface area (Å²) in [6.45, 7) is 1.68. The summed E-state index contributed by atoms with van der Waals surface area (Å²) in [5, 5.41) is 3.17. The summed E-state index contributed by atoms with van der Waals surface area (Å²) in [5.41, 5.74) is 1.19. The number of para-hydroxylation sites is 2. The fourth-order valence-corrected chi connectivity index (χ4v) is 2.74. The molecule has 138 valence electrons. The van der Waals surface area contributed by atoms with Crippen LogP contribution in [0.15, 0.2) is 42.5 Å². The van der Waals surface area contributed by atoms with Crippen LogP contribution in [0.4, 0.5) is 11.4 Å². The maximum absolute atomic E-state index is 12.2. The van der Waals surface area contributed by atoms with Crippen LogP contribution >= 0.6 is 11.6 Å². The first-order valence-corrected chi connectivity index (χ1v) is 8.38. The van der Waals surface area contributed by atoms with Crippen molar-refractivity contribution in [3.8, 4) is 11.5 Å². The average molecular weight is 377 g/mol. The first-order valence-electron chi connectivity index (χ1n) is 8.00. The Labute approximate surface area is 157 Å². The molecule has 26 heavy (non-hydrogen) atoms. The van der Waals surface area contributed by atoms with E-state index in [0.29, 0.717) is 27.9 Å². The summed E-state index contributed by atoms with van der Waals surface area (Å²) in [6.07, 6.45) is 0.126. The molecular weight excluding hydrogens is 356 g/mol. The highest BCUT2D eigenvalue weighted by molar-refractivity contribution is 6.32. The normalized spacial score (nSPS) is 10.2. The van der Waals surface area contributed by atoms with Gasteiger partial charge in [-0.15, -0.1) is 0 Å². The van der Waals surface area contributed by atoms with Gasteiger partial charge in [0.25, 0.3) is 0 Å². The molecule has 0 aliphatic rings. The van der Waals surface area contributed by atoms with Gasteiger partial charge < -0.3 is 19.7 Å². The third kappa shape index (κ3) is 4.89. The van der Waals surface area contributed by atoms with Gasteiger partial charge in [-0.05, 0) is 30.3 Å². The highest BCUT2D eigenvalue weighted by atomic mass is 35.5. The Kier molecular flexibility index (Phi) is 6.86. The predicted octanol–water partition coefficient (Wildman–Crippen LogP) is 3.74. The lowest BCUT2D eigenvalue weighted by Gasteiger charge is -2.23. The summed E-state index contributed by atoms with van der Waals surface area (Å²) in [5.74, 6) is 0.704. The molecule has 0 saturated carbocycles. The lowest BCUT2D eigenvalue weighted by atomic mass is 10.2. The van der Waals surface area contributed by atoms with Crippen molar-refractivity contribution in [2.75, 3.05) is 31.0 Å². The number of rotatable bonds is 7. The van der Waals surface area contributed by atoms with E-state index >= 15 is 0 Å². The number of ether oxygens (including phenoxy) is 2. The number of halogens is 1. The minimum atomic E-state index is -0.229. The van der Waals surface area contributed by atoms with Crippen molar-refractivity contribution >= 4 is 34.8 Å². The van der Waals surface area contributed by atoms with Crippen LogP contribution in [-0.2, 0) is 9.59 Å². The van der Waals surface area contributed by atoms with Crippen LogP contribution in [0.3, 0.4) is 0 Å². The number of carbonyl (C=O) groups is 2. The van der Waals surface area contributed by atoms with Gasteiger partial charge in [0.05, 0.1) is 24.9 Å². The van der Waals surface area contributed by atoms with Crippen LogP contribution in [0.2, 0.25) is 5.02 Å².